The molecular formula is C16H21N3OS. The smallest absolute Gasteiger partial charge is 0.185 e. The van der Waals surface area contributed by atoms with Crippen molar-refractivity contribution >= 4 is 22.2 Å². The Morgan fingerprint density at radius 2 is 2.00 bits per heavy atom. The van der Waals surface area contributed by atoms with E-state index in [1.54, 1.807) is 11.3 Å². The molecule has 2 aromatic rings. The highest BCUT2D eigenvalue weighted by molar-refractivity contribution is 7.13. The Morgan fingerprint density at radius 3 is 2.62 bits per heavy atom. The lowest BCUT2D eigenvalue weighted by atomic mass is 10.0. The van der Waals surface area contributed by atoms with Gasteiger partial charge in [0.15, 0.2) is 5.13 Å². The molecule has 1 aliphatic heterocycles. The van der Waals surface area contributed by atoms with Gasteiger partial charge in [-0.15, -0.1) is 11.3 Å². The number of rotatable bonds is 5. The highest BCUT2D eigenvalue weighted by Crippen LogP contribution is 2.23. The maximum atomic E-state index is 8.93. The van der Waals surface area contributed by atoms with Crippen LogP contribution in [0.25, 0.3) is 0 Å². The fourth-order valence-electron chi connectivity index (χ4n) is 2.72. The average molecular weight is 303 g/mol. The van der Waals surface area contributed by atoms with Crippen LogP contribution in [0.4, 0.5) is 10.8 Å². The van der Waals surface area contributed by atoms with Crippen molar-refractivity contribution in [2.24, 2.45) is 0 Å². The first-order valence-electron chi connectivity index (χ1n) is 7.46. The van der Waals surface area contributed by atoms with Crippen LogP contribution in [0.15, 0.2) is 35.8 Å². The van der Waals surface area contributed by atoms with E-state index in [0.29, 0.717) is 6.04 Å². The lowest BCUT2D eigenvalue weighted by molar-refractivity contribution is 0.299. The van der Waals surface area contributed by atoms with Gasteiger partial charge in [0.25, 0.3) is 0 Å². The van der Waals surface area contributed by atoms with Crippen molar-refractivity contribution in [3.63, 3.8) is 0 Å². The summed E-state index contributed by atoms with van der Waals surface area (Å²) in [5.74, 6) is 0. The minimum absolute atomic E-state index is 0.210. The van der Waals surface area contributed by atoms with Crippen LogP contribution < -0.4 is 10.2 Å². The van der Waals surface area contributed by atoms with Crippen LogP contribution in [0.2, 0.25) is 0 Å². The Labute approximate surface area is 129 Å². The molecule has 0 radical (unpaired) electrons. The van der Waals surface area contributed by atoms with Crippen molar-refractivity contribution in [3.8, 4) is 0 Å². The zero-order valence-corrected chi connectivity index (χ0v) is 12.9. The first-order valence-corrected chi connectivity index (χ1v) is 8.34. The number of aliphatic hydroxyl groups excluding tert-OH is 1. The molecular weight excluding hydrogens is 282 g/mol. The maximum Gasteiger partial charge on any atom is 0.185 e. The summed E-state index contributed by atoms with van der Waals surface area (Å²) >= 11 is 1.71. The van der Waals surface area contributed by atoms with Gasteiger partial charge in [0, 0.05) is 43.0 Å². The van der Waals surface area contributed by atoms with E-state index in [9.17, 15) is 0 Å². The summed E-state index contributed by atoms with van der Waals surface area (Å²) in [5.41, 5.74) is 2.35. The summed E-state index contributed by atoms with van der Waals surface area (Å²) in [6.45, 7) is 2.34. The molecule has 5 heteroatoms. The van der Waals surface area contributed by atoms with E-state index in [2.05, 4.69) is 39.5 Å². The number of aromatic nitrogens is 1. The predicted molar refractivity (Wildman–Crippen MR) is 88.2 cm³/mol. The van der Waals surface area contributed by atoms with Crippen molar-refractivity contribution in [2.75, 3.05) is 29.9 Å². The number of aliphatic hydroxyl groups is 1. The molecule has 0 aliphatic carbocycles. The number of benzene rings is 1. The number of piperidine rings is 1. The molecule has 1 fully saturated rings. The van der Waals surface area contributed by atoms with Crippen molar-refractivity contribution in [2.45, 2.75) is 25.3 Å². The van der Waals surface area contributed by atoms with Crippen molar-refractivity contribution in [1.29, 1.82) is 0 Å². The van der Waals surface area contributed by atoms with E-state index in [1.165, 1.54) is 11.3 Å². The van der Waals surface area contributed by atoms with E-state index in [1.807, 2.05) is 11.6 Å². The zero-order chi connectivity index (χ0) is 14.5. The average Bonchev–Trinajstić information content (AvgIpc) is 3.05. The molecule has 0 spiro atoms. The molecule has 0 atom stereocenters. The molecule has 1 saturated heterocycles. The van der Waals surface area contributed by atoms with Gasteiger partial charge in [-0.3, -0.25) is 0 Å². The Hall–Kier alpha value is -1.59. The molecule has 0 saturated carbocycles. The van der Waals surface area contributed by atoms with E-state index >= 15 is 0 Å². The van der Waals surface area contributed by atoms with Gasteiger partial charge in [-0.25, -0.2) is 4.98 Å². The number of hydrogen-bond donors (Lipinski definition) is 2. The summed E-state index contributed by atoms with van der Waals surface area (Å²) in [5, 5.41) is 15.7. The van der Waals surface area contributed by atoms with Gasteiger partial charge >= 0.3 is 0 Å². The number of hydrogen-bond acceptors (Lipinski definition) is 5. The molecule has 4 nitrogen and oxygen atoms in total. The van der Waals surface area contributed by atoms with Crippen molar-refractivity contribution in [1.82, 2.24) is 4.98 Å². The Morgan fingerprint density at radius 1 is 1.24 bits per heavy atom. The van der Waals surface area contributed by atoms with Crippen LogP contribution in [-0.2, 0) is 6.42 Å². The second-order valence-corrected chi connectivity index (χ2v) is 6.26. The molecule has 1 aromatic carbocycles. The molecule has 0 unspecified atom stereocenters. The van der Waals surface area contributed by atoms with Gasteiger partial charge in [-0.1, -0.05) is 12.1 Å². The van der Waals surface area contributed by atoms with Crippen LogP contribution >= 0.6 is 11.3 Å². The van der Waals surface area contributed by atoms with Crippen LogP contribution in [0.5, 0.6) is 0 Å². The molecule has 112 valence electrons. The summed E-state index contributed by atoms with van der Waals surface area (Å²) in [4.78, 5) is 6.75. The molecule has 1 aromatic heterocycles. The second-order valence-electron chi connectivity index (χ2n) is 5.39. The number of nitrogens with zero attached hydrogens (tertiary/aromatic N) is 2. The Balaban J connectivity index is 1.51. The van der Waals surface area contributed by atoms with E-state index < -0.39 is 0 Å². The predicted octanol–water partition coefficient (Wildman–Crippen LogP) is 2.76. The molecule has 21 heavy (non-hydrogen) atoms. The van der Waals surface area contributed by atoms with Gasteiger partial charge < -0.3 is 15.3 Å². The van der Waals surface area contributed by atoms with Crippen LogP contribution in [0, 0.1) is 0 Å². The largest absolute Gasteiger partial charge is 0.396 e. The topological polar surface area (TPSA) is 48.4 Å². The second kappa shape index (κ2) is 6.91. The normalized spacial score (nSPS) is 16.1. The first kappa shape index (κ1) is 14.4. The van der Waals surface area contributed by atoms with Gasteiger partial charge in [-0.05, 0) is 37.0 Å². The SMILES string of the molecule is OCCc1ccc(NC2CCN(c3nccs3)CC2)cc1. The van der Waals surface area contributed by atoms with Gasteiger partial charge in [0.2, 0.25) is 0 Å². The van der Waals surface area contributed by atoms with E-state index in [0.717, 1.165) is 37.5 Å². The van der Waals surface area contributed by atoms with Crippen molar-refractivity contribution in [3.05, 3.63) is 41.4 Å². The van der Waals surface area contributed by atoms with Crippen LogP contribution in [-0.4, -0.2) is 35.8 Å². The van der Waals surface area contributed by atoms with Gasteiger partial charge in [0.05, 0.1) is 0 Å². The third-order valence-corrected chi connectivity index (χ3v) is 4.74. The van der Waals surface area contributed by atoms with E-state index in [4.69, 9.17) is 5.11 Å². The summed E-state index contributed by atoms with van der Waals surface area (Å²) in [6, 6.07) is 8.92. The quantitative estimate of drug-likeness (QED) is 0.892. The molecule has 1 aliphatic rings. The molecule has 0 amide bonds. The summed E-state index contributed by atoms with van der Waals surface area (Å²) in [6.07, 6.45) is 4.88. The molecule has 3 rings (SSSR count). The number of anilines is 2. The molecule has 2 N–H and O–H groups in total. The third-order valence-electron chi connectivity index (χ3n) is 3.91. The number of nitrogens with one attached hydrogen (secondary N) is 1. The lowest BCUT2D eigenvalue weighted by Crippen LogP contribution is -2.39. The van der Waals surface area contributed by atoms with Gasteiger partial charge in [0.1, 0.15) is 0 Å². The maximum absolute atomic E-state index is 8.93. The fraction of sp³-hybridized carbons (Fsp3) is 0.438. The fourth-order valence-corrected chi connectivity index (χ4v) is 3.42. The summed E-state index contributed by atoms with van der Waals surface area (Å²) < 4.78 is 0. The third kappa shape index (κ3) is 3.74. The molecule has 0 bridgehead atoms. The standard InChI is InChI=1S/C16H21N3OS/c20-11-7-13-1-3-14(4-2-13)18-15-5-9-19(10-6-15)16-17-8-12-21-16/h1-4,8,12,15,18,20H,5-7,9-11H2. The lowest BCUT2D eigenvalue weighted by Gasteiger charge is -2.32. The monoisotopic (exact) mass is 303 g/mol. The first-order chi connectivity index (χ1) is 10.3. The van der Waals surface area contributed by atoms with Gasteiger partial charge in [-0.2, -0.15) is 0 Å². The number of thiazole rings is 1. The van der Waals surface area contributed by atoms with Crippen LogP contribution in [0.3, 0.4) is 0 Å². The molecule has 2 heterocycles. The van der Waals surface area contributed by atoms with Crippen LogP contribution in [0.1, 0.15) is 18.4 Å². The summed E-state index contributed by atoms with van der Waals surface area (Å²) in [7, 11) is 0. The minimum atomic E-state index is 0.210. The Bertz CT molecular complexity index is 533. The zero-order valence-electron chi connectivity index (χ0n) is 12.0. The highest BCUT2D eigenvalue weighted by atomic mass is 32.1. The minimum Gasteiger partial charge on any atom is -0.396 e. The van der Waals surface area contributed by atoms with E-state index in [-0.39, 0.29) is 6.61 Å². The van der Waals surface area contributed by atoms with Crippen molar-refractivity contribution < 1.29 is 5.11 Å². The highest BCUT2D eigenvalue weighted by Gasteiger charge is 2.20. The Kier molecular flexibility index (Phi) is 4.72.